The van der Waals surface area contributed by atoms with Crippen molar-refractivity contribution in [3.8, 4) is 17.2 Å². The molecule has 170 valence electrons. The highest BCUT2D eigenvalue weighted by atomic mass is 16.5. The van der Waals surface area contributed by atoms with Gasteiger partial charge in [0.05, 0.1) is 21.3 Å². The molecule has 0 heterocycles. The molecule has 3 aromatic carbocycles. The van der Waals surface area contributed by atoms with Crippen LogP contribution in [-0.2, 0) is 0 Å². The summed E-state index contributed by atoms with van der Waals surface area (Å²) in [5, 5.41) is 16.2. The lowest BCUT2D eigenvalue weighted by Gasteiger charge is -2.15. The standard InChI is InChI=1S/C24H24N4O5/c1-31-19-12-16(13-20(32-2)21(19)33-3)23(30)28-24(25)27-18-11-7-10-17(14-18)26-22(29)15-8-5-4-6-9-15/h4-14H,1-3H3,(H,26,29)(H3,25,27,28,30). The van der Waals surface area contributed by atoms with E-state index < -0.39 is 5.91 Å². The second-order valence-electron chi connectivity index (χ2n) is 6.77. The summed E-state index contributed by atoms with van der Waals surface area (Å²) in [7, 11) is 4.37. The Hall–Kier alpha value is -4.53. The van der Waals surface area contributed by atoms with E-state index in [1.54, 1.807) is 48.5 Å². The molecule has 0 saturated heterocycles. The zero-order valence-electron chi connectivity index (χ0n) is 18.4. The molecule has 0 spiro atoms. The molecule has 33 heavy (non-hydrogen) atoms. The fourth-order valence-electron chi connectivity index (χ4n) is 3.04. The van der Waals surface area contributed by atoms with Crippen LogP contribution in [0.3, 0.4) is 0 Å². The molecule has 9 heteroatoms. The van der Waals surface area contributed by atoms with Crippen molar-refractivity contribution in [3.05, 3.63) is 77.9 Å². The summed E-state index contributed by atoms with van der Waals surface area (Å²) >= 11 is 0. The first-order valence-electron chi connectivity index (χ1n) is 9.88. The van der Waals surface area contributed by atoms with Gasteiger partial charge in [0.15, 0.2) is 17.5 Å². The van der Waals surface area contributed by atoms with E-state index >= 15 is 0 Å². The number of nitrogens with one attached hydrogen (secondary N) is 4. The van der Waals surface area contributed by atoms with Crippen LogP contribution in [0.4, 0.5) is 11.4 Å². The number of ether oxygens (including phenoxy) is 3. The van der Waals surface area contributed by atoms with Gasteiger partial charge < -0.3 is 24.8 Å². The van der Waals surface area contributed by atoms with Crippen molar-refractivity contribution < 1.29 is 23.8 Å². The maximum Gasteiger partial charge on any atom is 0.258 e. The first kappa shape index (κ1) is 23.1. The third kappa shape index (κ3) is 5.79. The van der Waals surface area contributed by atoms with Gasteiger partial charge in [-0.3, -0.25) is 20.3 Å². The number of rotatable bonds is 7. The van der Waals surface area contributed by atoms with Crippen molar-refractivity contribution in [1.82, 2.24) is 5.32 Å². The highest BCUT2D eigenvalue weighted by Crippen LogP contribution is 2.38. The average Bonchev–Trinajstić information content (AvgIpc) is 2.83. The topological polar surface area (TPSA) is 122 Å². The molecule has 0 fully saturated rings. The molecule has 0 aromatic heterocycles. The normalized spacial score (nSPS) is 10.0. The number of guanidine groups is 1. The predicted molar refractivity (Wildman–Crippen MR) is 126 cm³/mol. The quantitative estimate of drug-likeness (QED) is 0.323. The Morgan fingerprint density at radius 1 is 0.697 bits per heavy atom. The smallest absolute Gasteiger partial charge is 0.258 e. The average molecular weight is 448 g/mol. The molecule has 0 aliphatic rings. The van der Waals surface area contributed by atoms with Crippen molar-refractivity contribution in [1.29, 1.82) is 5.41 Å². The number of amides is 2. The number of hydrogen-bond acceptors (Lipinski definition) is 6. The zero-order chi connectivity index (χ0) is 23.8. The van der Waals surface area contributed by atoms with Crippen LogP contribution < -0.4 is 30.2 Å². The highest BCUT2D eigenvalue weighted by molar-refractivity contribution is 6.09. The minimum absolute atomic E-state index is 0.222. The zero-order valence-corrected chi connectivity index (χ0v) is 18.4. The number of methoxy groups -OCH3 is 3. The van der Waals surface area contributed by atoms with Gasteiger partial charge in [-0.2, -0.15) is 0 Å². The van der Waals surface area contributed by atoms with Crippen molar-refractivity contribution >= 4 is 29.1 Å². The number of carbonyl (C=O) groups excluding carboxylic acids is 2. The SMILES string of the molecule is COc1cc(C(=O)NC(=N)Nc2cccc(NC(=O)c3ccccc3)c2)cc(OC)c1OC. The molecule has 0 bridgehead atoms. The molecule has 2 amide bonds. The summed E-state index contributed by atoms with van der Waals surface area (Å²) < 4.78 is 15.8. The fraction of sp³-hybridized carbons (Fsp3) is 0.125. The second-order valence-corrected chi connectivity index (χ2v) is 6.77. The van der Waals surface area contributed by atoms with Crippen LogP contribution in [-0.4, -0.2) is 39.1 Å². The number of carbonyl (C=O) groups is 2. The molecule has 0 aliphatic carbocycles. The maximum absolute atomic E-state index is 12.6. The third-order valence-corrected chi connectivity index (χ3v) is 4.59. The van der Waals surface area contributed by atoms with E-state index in [1.165, 1.54) is 33.5 Å². The first-order valence-corrected chi connectivity index (χ1v) is 9.88. The fourth-order valence-corrected chi connectivity index (χ4v) is 3.04. The third-order valence-electron chi connectivity index (χ3n) is 4.59. The Morgan fingerprint density at radius 2 is 1.30 bits per heavy atom. The van der Waals surface area contributed by atoms with Crippen LogP contribution >= 0.6 is 0 Å². The summed E-state index contributed by atoms with van der Waals surface area (Å²) in [6.45, 7) is 0. The highest BCUT2D eigenvalue weighted by Gasteiger charge is 2.18. The predicted octanol–water partition coefficient (Wildman–Crippen LogP) is 3.74. The lowest BCUT2D eigenvalue weighted by Crippen LogP contribution is -2.35. The van der Waals surface area contributed by atoms with Gasteiger partial charge in [-0.1, -0.05) is 24.3 Å². The van der Waals surface area contributed by atoms with Gasteiger partial charge in [-0.25, -0.2) is 0 Å². The number of benzene rings is 3. The van der Waals surface area contributed by atoms with Gasteiger partial charge in [0.25, 0.3) is 11.8 Å². The van der Waals surface area contributed by atoms with Gasteiger partial charge in [0.2, 0.25) is 5.75 Å². The Bertz CT molecular complexity index is 1140. The van der Waals surface area contributed by atoms with Crippen LogP contribution in [0, 0.1) is 5.41 Å². The summed E-state index contributed by atoms with van der Waals surface area (Å²) in [5.41, 5.74) is 1.80. The van der Waals surface area contributed by atoms with Gasteiger partial charge >= 0.3 is 0 Å². The maximum atomic E-state index is 12.6. The van der Waals surface area contributed by atoms with Crippen molar-refractivity contribution in [2.75, 3.05) is 32.0 Å². The number of hydrogen-bond donors (Lipinski definition) is 4. The van der Waals surface area contributed by atoms with E-state index in [2.05, 4.69) is 16.0 Å². The van der Waals surface area contributed by atoms with Crippen LogP contribution in [0.5, 0.6) is 17.2 Å². The molecule has 0 radical (unpaired) electrons. The van der Waals surface area contributed by atoms with E-state index in [0.29, 0.717) is 34.2 Å². The Labute approximate surface area is 191 Å². The summed E-state index contributed by atoms with van der Waals surface area (Å²) in [6.07, 6.45) is 0. The van der Waals surface area contributed by atoms with Crippen LogP contribution in [0.2, 0.25) is 0 Å². The molecule has 3 rings (SSSR count). The van der Waals surface area contributed by atoms with E-state index in [4.69, 9.17) is 19.6 Å². The Kier molecular flexibility index (Phi) is 7.48. The van der Waals surface area contributed by atoms with E-state index in [9.17, 15) is 9.59 Å². The first-order chi connectivity index (χ1) is 15.9. The Balaban J connectivity index is 1.67. The lowest BCUT2D eigenvalue weighted by atomic mass is 10.1. The van der Waals surface area contributed by atoms with Crippen LogP contribution in [0.1, 0.15) is 20.7 Å². The molecule has 0 unspecified atom stereocenters. The largest absolute Gasteiger partial charge is 0.493 e. The summed E-state index contributed by atoms with van der Waals surface area (Å²) in [4.78, 5) is 25.0. The lowest BCUT2D eigenvalue weighted by molar-refractivity contribution is 0.0974. The van der Waals surface area contributed by atoms with E-state index in [1.807, 2.05) is 6.07 Å². The monoisotopic (exact) mass is 448 g/mol. The minimum atomic E-state index is -0.541. The van der Waals surface area contributed by atoms with Gasteiger partial charge in [-0.05, 0) is 42.5 Å². The summed E-state index contributed by atoms with van der Waals surface area (Å²) in [5.74, 6) is -0.0371. The van der Waals surface area contributed by atoms with Crippen molar-refractivity contribution in [2.24, 2.45) is 0 Å². The molecule has 0 aliphatic heterocycles. The molecular weight excluding hydrogens is 424 g/mol. The van der Waals surface area contributed by atoms with E-state index in [0.717, 1.165) is 0 Å². The summed E-state index contributed by atoms with van der Waals surface area (Å²) in [6, 6.07) is 18.6. The van der Waals surface area contributed by atoms with Gasteiger partial charge in [0.1, 0.15) is 0 Å². The van der Waals surface area contributed by atoms with Crippen molar-refractivity contribution in [2.45, 2.75) is 0 Å². The van der Waals surface area contributed by atoms with E-state index in [-0.39, 0.29) is 17.4 Å². The van der Waals surface area contributed by atoms with Crippen molar-refractivity contribution in [3.63, 3.8) is 0 Å². The Morgan fingerprint density at radius 3 is 1.88 bits per heavy atom. The molecular formula is C24H24N4O5. The van der Waals surface area contributed by atoms with Crippen LogP contribution in [0.25, 0.3) is 0 Å². The molecule has 0 saturated carbocycles. The molecule has 9 nitrogen and oxygen atoms in total. The molecule has 4 N–H and O–H groups in total. The minimum Gasteiger partial charge on any atom is -0.493 e. The number of anilines is 2. The molecule has 3 aromatic rings. The second kappa shape index (κ2) is 10.7. The molecule has 0 atom stereocenters. The van der Waals surface area contributed by atoms with Crippen LogP contribution in [0.15, 0.2) is 66.7 Å². The van der Waals surface area contributed by atoms with Gasteiger partial charge in [0, 0.05) is 22.5 Å². The van der Waals surface area contributed by atoms with Gasteiger partial charge in [-0.15, -0.1) is 0 Å².